The first-order chi connectivity index (χ1) is 10.3. The molecule has 0 spiro atoms. The van der Waals surface area contributed by atoms with Gasteiger partial charge in [0.2, 0.25) is 11.8 Å². The van der Waals surface area contributed by atoms with Gasteiger partial charge in [-0.05, 0) is 6.07 Å². The van der Waals surface area contributed by atoms with Gasteiger partial charge in [0.1, 0.15) is 11.4 Å². The highest BCUT2D eigenvalue weighted by Gasteiger charge is 2.21. The van der Waals surface area contributed by atoms with E-state index in [1.54, 1.807) is 0 Å². The maximum atomic E-state index is 11.2. The smallest absolute Gasteiger partial charge is 0.394 e. The Morgan fingerprint density at radius 3 is 1.55 bits per heavy atom. The number of carbonyl (C=O) groups excluding carboxylic acids is 2. The zero-order chi connectivity index (χ0) is 16.9. The number of aromatic nitrogens is 1. The third kappa shape index (κ3) is 3.82. The van der Waals surface area contributed by atoms with Gasteiger partial charge in [0, 0.05) is 0 Å². The molecule has 11 nitrogen and oxygen atoms in total. The molecule has 0 aliphatic rings. The Kier molecular flexibility index (Phi) is 5.21. The lowest BCUT2D eigenvalue weighted by molar-refractivity contribution is -0.147. The van der Waals surface area contributed by atoms with Crippen LogP contribution in [0, 0.1) is 0 Å². The van der Waals surface area contributed by atoms with Gasteiger partial charge in [-0.1, -0.05) is 0 Å². The molecule has 0 aromatic carbocycles. The lowest BCUT2D eigenvalue weighted by atomic mass is 10.3. The van der Waals surface area contributed by atoms with Gasteiger partial charge in [-0.25, -0.2) is 9.59 Å². The van der Waals surface area contributed by atoms with Crippen LogP contribution in [0.1, 0.15) is 0 Å². The molecule has 0 saturated heterocycles. The number of carbonyl (C=O) groups is 4. The Hall–Kier alpha value is -3.37. The maximum absolute atomic E-state index is 11.2. The number of anilines is 2. The summed E-state index contributed by atoms with van der Waals surface area (Å²) in [6.07, 6.45) is 0. The predicted molar refractivity (Wildman–Crippen MR) is 69.9 cm³/mol. The van der Waals surface area contributed by atoms with Crippen molar-refractivity contribution >= 4 is 35.1 Å². The number of nitrogens with zero attached hydrogens (tertiary/aromatic N) is 1. The normalized spacial score (nSPS) is 9.55. The van der Waals surface area contributed by atoms with Crippen LogP contribution >= 0.6 is 0 Å². The summed E-state index contributed by atoms with van der Waals surface area (Å²) in [6, 6.07) is 1.05. The zero-order valence-electron chi connectivity index (χ0n) is 11.4. The number of rotatable bonds is 4. The number of methoxy groups -OCH3 is 2. The summed E-state index contributed by atoms with van der Waals surface area (Å²) in [4.78, 5) is 47.2. The molecule has 1 aromatic heterocycles. The Labute approximate surface area is 122 Å². The average molecular weight is 313 g/mol. The van der Waals surface area contributed by atoms with E-state index in [9.17, 15) is 19.2 Å². The lowest BCUT2D eigenvalue weighted by Gasteiger charge is -2.13. The molecule has 0 unspecified atom stereocenters. The van der Waals surface area contributed by atoms with Crippen molar-refractivity contribution < 1.29 is 38.9 Å². The maximum Gasteiger partial charge on any atom is 0.394 e. The summed E-state index contributed by atoms with van der Waals surface area (Å²) < 4.78 is 9.70. The number of hydrogen-bond acceptors (Lipinski definition) is 7. The molecular formula is C11H11N3O8. The summed E-state index contributed by atoms with van der Waals surface area (Å²) >= 11 is 0. The molecule has 2 amide bonds. The molecule has 0 aliphatic heterocycles. The van der Waals surface area contributed by atoms with Gasteiger partial charge in [0.05, 0.1) is 14.2 Å². The number of nitrogens with one attached hydrogen (secondary N) is 2. The standard InChI is InChI=1S/C11H11N3O8/c1-21-8-4(12-6(15)10(17)18)3-5(9(14-8)22-2)13-7(16)11(19)20/h3H,1-2H3,(H,12,15)(H,13,16)(H,17,18)(H,19,20). The van der Waals surface area contributed by atoms with Gasteiger partial charge in [0.25, 0.3) is 0 Å². The third-order valence-electron chi connectivity index (χ3n) is 2.22. The Balaban J connectivity index is 3.25. The lowest BCUT2D eigenvalue weighted by Crippen LogP contribution is -2.24. The highest BCUT2D eigenvalue weighted by Crippen LogP contribution is 2.32. The Bertz CT molecular complexity index is 591. The van der Waals surface area contributed by atoms with E-state index in [0.29, 0.717) is 0 Å². The van der Waals surface area contributed by atoms with E-state index in [-0.39, 0.29) is 23.1 Å². The van der Waals surface area contributed by atoms with Crippen LogP contribution in [0.5, 0.6) is 11.8 Å². The topological polar surface area (TPSA) is 164 Å². The van der Waals surface area contributed by atoms with Crippen LogP contribution in [0.2, 0.25) is 0 Å². The average Bonchev–Trinajstić information content (AvgIpc) is 2.47. The molecular weight excluding hydrogens is 302 g/mol. The van der Waals surface area contributed by atoms with E-state index in [4.69, 9.17) is 19.7 Å². The van der Waals surface area contributed by atoms with Gasteiger partial charge < -0.3 is 30.3 Å². The molecule has 22 heavy (non-hydrogen) atoms. The summed E-state index contributed by atoms with van der Waals surface area (Å²) in [5, 5.41) is 21.0. The summed E-state index contributed by atoms with van der Waals surface area (Å²) in [7, 11) is 2.40. The van der Waals surface area contributed by atoms with Crippen molar-refractivity contribution in [2.24, 2.45) is 0 Å². The summed E-state index contributed by atoms with van der Waals surface area (Å²) in [6.45, 7) is 0. The molecule has 1 aromatic rings. The quantitative estimate of drug-likeness (QED) is 0.518. The van der Waals surface area contributed by atoms with Crippen molar-refractivity contribution in [3.8, 4) is 11.8 Å². The number of carboxylic acid groups (broad SMARTS) is 2. The van der Waals surface area contributed by atoms with Gasteiger partial charge in [-0.15, -0.1) is 0 Å². The number of hydrogen-bond donors (Lipinski definition) is 4. The van der Waals surface area contributed by atoms with Crippen LogP contribution in [0.3, 0.4) is 0 Å². The first kappa shape index (κ1) is 16.7. The molecule has 0 aliphatic carbocycles. The van der Waals surface area contributed by atoms with Crippen molar-refractivity contribution in [2.45, 2.75) is 0 Å². The van der Waals surface area contributed by atoms with Crippen LogP contribution in [0.25, 0.3) is 0 Å². The van der Waals surface area contributed by atoms with E-state index in [1.807, 2.05) is 10.6 Å². The SMILES string of the molecule is COc1nc(OC)c(NC(=O)C(=O)O)cc1NC(=O)C(=O)O. The highest BCUT2D eigenvalue weighted by atomic mass is 16.5. The van der Waals surface area contributed by atoms with Crippen LogP contribution in [0.15, 0.2) is 6.07 Å². The molecule has 0 fully saturated rings. The second kappa shape index (κ2) is 6.88. The number of pyridine rings is 1. The monoisotopic (exact) mass is 313 g/mol. The minimum Gasteiger partial charge on any atom is -0.479 e. The van der Waals surface area contributed by atoms with Crippen molar-refractivity contribution in [2.75, 3.05) is 24.9 Å². The van der Waals surface area contributed by atoms with Crippen molar-refractivity contribution in [1.82, 2.24) is 4.98 Å². The van der Waals surface area contributed by atoms with E-state index in [0.717, 1.165) is 6.07 Å². The van der Waals surface area contributed by atoms with E-state index < -0.39 is 23.8 Å². The predicted octanol–water partition coefficient (Wildman–Crippen LogP) is -0.855. The number of carboxylic acids is 2. The second-order valence-corrected chi connectivity index (χ2v) is 3.62. The van der Waals surface area contributed by atoms with Crippen molar-refractivity contribution in [3.63, 3.8) is 0 Å². The Morgan fingerprint density at radius 2 is 1.27 bits per heavy atom. The molecule has 118 valence electrons. The van der Waals surface area contributed by atoms with Crippen LogP contribution in [-0.4, -0.2) is 53.2 Å². The first-order valence-corrected chi connectivity index (χ1v) is 5.51. The van der Waals surface area contributed by atoms with Crippen molar-refractivity contribution in [3.05, 3.63) is 6.07 Å². The van der Waals surface area contributed by atoms with E-state index in [2.05, 4.69) is 4.98 Å². The van der Waals surface area contributed by atoms with E-state index in [1.165, 1.54) is 14.2 Å². The van der Waals surface area contributed by atoms with Gasteiger partial charge >= 0.3 is 23.8 Å². The van der Waals surface area contributed by atoms with Gasteiger partial charge in [0.15, 0.2) is 0 Å². The second-order valence-electron chi connectivity index (χ2n) is 3.62. The van der Waals surface area contributed by atoms with Gasteiger partial charge in [-0.2, -0.15) is 4.98 Å². The minimum atomic E-state index is -1.76. The third-order valence-corrected chi connectivity index (χ3v) is 2.22. The molecule has 1 rings (SSSR count). The van der Waals surface area contributed by atoms with Crippen LogP contribution in [-0.2, 0) is 19.2 Å². The van der Waals surface area contributed by atoms with Crippen LogP contribution in [0.4, 0.5) is 11.4 Å². The molecule has 0 atom stereocenters. The summed E-state index contributed by atoms with van der Waals surface area (Å²) in [5.74, 6) is -6.65. The molecule has 0 radical (unpaired) electrons. The molecule has 0 saturated carbocycles. The number of ether oxygens (including phenoxy) is 2. The van der Waals surface area contributed by atoms with Crippen molar-refractivity contribution in [1.29, 1.82) is 0 Å². The fourth-order valence-electron chi connectivity index (χ4n) is 1.32. The molecule has 1 heterocycles. The number of aliphatic carboxylic acids is 2. The van der Waals surface area contributed by atoms with Gasteiger partial charge in [-0.3, -0.25) is 9.59 Å². The molecule has 4 N–H and O–H groups in total. The molecule has 11 heteroatoms. The zero-order valence-corrected chi connectivity index (χ0v) is 11.4. The largest absolute Gasteiger partial charge is 0.479 e. The van der Waals surface area contributed by atoms with E-state index >= 15 is 0 Å². The fourth-order valence-corrected chi connectivity index (χ4v) is 1.32. The Morgan fingerprint density at radius 1 is 0.909 bits per heavy atom. The first-order valence-electron chi connectivity index (χ1n) is 5.51. The number of amides is 2. The van der Waals surface area contributed by atoms with Crippen LogP contribution < -0.4 is 20.1 Å². The highest BCUT2D eigenvalue weighted by molar-refractivity contribution is 6.37. The minimum absolute atomic E-state index is 0.195. The molecule has 0 bridgehead atoms. The summed E-state index contributed by atoms with van der Waals surface area (Å²) in [5.41, 5.74) is -0.396. The fraction of sp³-hybridized carbons (Fsp3) is 0.182.